The van der Waals surface area contributed by atoms with E-state index in [9.17, 15) is 9.90 Å². The minimum atomic E-state index is -0.104. The molecule has 0 aliphatic carbocycles. The van der Waals surface area contributed by atoms with Crippen LogP contribution in [0.15, 0.2) is 64.4 Å². The molecule has 0 bridgehead atoms. The molecule has 142 valence electrons. The number of phenolic OH excluding ortho intramolecular Hbond substituents is 1. The Bertz CT molecular complexity index is 1120. The number of carbonyl (C=O) groups excluding carboxylic acids is 1. The van der Waals surface area contributed by atoms with E-state index in [2.05, 4.69) is 15.5 Å². The molecule has 2 N–H and O–H groups in total. The summed E-state index contributed by atoms with van der Waals surface area (Å²) >= 11 is 1.28. The Morgan fingerprint density at radius 3 is 2.68 bits per heavy atom. The van der Waals surface area contributed by atoms with Crippen LogP contribution in [0.25, 0.3) is 22.2 Å². The molecular formula is C20H18N4O3S. The van der Waals surface area contributed by atoms with Gasteiger partial charge in [0, 0.05) is 7.05 Å². The van der Waals surface area contributed by atoms with Gasteiger partial charge in [-0.25, -0.2) is 0 Å². The van der Waals surface area contributed by atoms with Crippen LogP contribution in [-0.2, 0) is 11.3 Å². The van der Waals surface area contributed by atoms with Gasteiger partial charge in [0.05, 0.1) is 24.1 Å². The van der Waals surface area contributed by atoms with Gasteiger partial charge in [0.2, 0.25) is 5.91 Å². The highest BCUT2D eigenvalue weighted by atomic mass is 32.2. The first-order valence-electron chi connectivity index (χ1n) is 8.67. The number of benzene rings is 2. The van der Waals surface area contributed by atoms with Gasteiger partial charge in [-0.05, 0) is 35.0 Å². The van der Waals surface area contributed by atoms with Crippen molar-refractivity contribution >= 4 is 28.4 Å². The normalized spacial score (nSPS) is 11.0. The average Bonchev–Trinajstić information content (AvgIpc) is 3.36. The molecule has 28 heavy (non-hydrogen) atoms. The van der Waals surface area contributed by atoms with Gasteiger partial charge in [-0.2, -0.15) is 0 Å². The SMILES string of the molecule is CNC(=O)CSc1nnc(-c2cc3ccccc3cc2O)n1Cc1ccco1. The van der Waals surface area contributed by atoms with Gasteiger partial charge in [0.25, 0.3) is 0 Å². The standard InChI is InChI=1S/C20H18N4O3S/c1-21-18(26)12-28-20-23-22-19(24(20)11-15-7-4-8-27-15)16-9-13-5-2-3-6-14(13)10-17(16)25/h2-10,25H,11-12H2,1H3,(H,21,26). The number of nitrogens with zero attached hydrogens (tertiary/aromatic N) is 3. The summed E-state index contributed by atoms with van der Waals surface area (Å²) in [5.41, 5.74) is 0.574. The van der Waals surface area contributed by atoms with E-state index in [0.29, 0.717) is 23.1 Å². The summed E-state index contributed by atoms with van der Waals surface area (Å²) < 4.78 is 7.32. The zero-order chi connectivity index (χ0) is 19.5. The molecule has 0 unspecified atom stereocenters. The van der Waals surface area contributed by atoms with Crippen molar-refractivity contribution in [3.05, 3.63) is 60.6 Å². The summed E-state index contributed by atoms with van der Waals surface area (Å²) in [5.74, 6) is 1.47. The zero-order valence-electron chi connectivity index (χ0n) is 15.1. The Labute approximate surface area is 165 Å². The first-order chi connectivity index (χ1) is 13.7. The first-order valence-corrected chi connectivity index (χ1v) is 9.65. The van der Waals surface area contributed by atoms with Crippen molar-refractivity contribution < 1.29 is 14.3 Å². The molecule has 4 aromatic rings. The predicted octanol–water partition coefficient (Wildman–Crippen LogP) is 3.28. The largest absolute Gasteiger partial charge is 0.507 e. The number of aromatic hydroxyl groups is 1. The minimum absolute atomic E-state index is 0.104. The third-order valence-corrected chi connectivity index (χ3v) is 5.29. The number of thioether (sulfide) groups is 1. The van der Waals surface area contributed by atoms with Crippen LogP contribution in [0, 0.1) is 0 Å². The molecule has 0 aliphatic rings. The lowest BCUT2D eigenvalue weighted by Crippen LogP contribution is -2.20. The number of aromatic nitrogens is 3. The van der Waals surface area contributed by atoms with E-state index in [4.69, 9.17) is 4.42 Å². The van der Waals surface area contributed by atoms with Crippen LogP contribution in [0.4, 0.5) is 0 Å². The fourth-order valence-electron chi connectivity index (χ4n) is 2.91. The molecule has 0 spiro atoms. The highest BCUT2D eigenvalue weighted by Crippen LogP contribution is 2.34. The summed E-state index contributed by atoms with van der Waals surface area (Å²) in [6, 6.07) is 15.1. The van der Waals surface area contributed by atoms with Crippen molar-refractivity contribution in [3.63, 3.8) is 0 Å². The summed E-state index contributed by atoms with van der Waals surface area (Å²) in [6.45, 7) is 0.387. The van der Waals surface area contributed by atoms with Gasteiger partial charge in [-0.15, -0.1) is 10.2 Å². The highest BCUT2D eigenvalue weighted by Gasteiger charge is 2.19. The maximum Gasteiger partial charge on any atom is 0.230 e. The molecule has 8 heteroatoms. The Kier molecular flexibility index (Phi) is 5.03. The third kappa shape index (κ3) is 3.59. The van der Waals surface area contributed by atoms with Gasteiger partial charge in [0.15, 0.2) is 11.0 Å². The Morgan fingerprint density at radius 2 is 1.96 bits per heavy atom. The molecule has 4 rings (SSSR count). The smallest absolute Gasteiger partial charge is 0.230 e. The van der Waals surface area contributed by atoms with E-state index in [1.807, 2.05) is 47.0 Å². The van der Waals surface area contributed by atoms with Gasteiger partial charge in [0.1, 0.15) is 11.5 Å². The fourth-order valence-corrected chi connectivity index (χ4v) is 3.72. The maximum atomic E-state index is 11.6. The molecule has 1 amide bonds. The number of hydrogen-bond donors (Lipinski definition) is 2. The molecule has 0 fully saturated rings. The molecule has 2 heterocycles. The third-order valence-electron chi connectivity index (χ3n) is 4.33. The van der Waals surface area contributed by atoms with Crippen LogP contribution < -0.4 is 5.32 Å². The number of hydrogen-bond acceptors (Lipinski definition) is 6. The molecule has 2 aromatic heterocycles. The monoisotopic (exact) mass is 394 g/mol. The lowest BCUT2D eigenvalue weighted by Gasteiger charge is -2.11. The van der Waals surface area contributed by atoms with Crippen LogP contribution in [0.5, 0.6) is 5.75 Å². The topological polar surface area (TPSA) is 93.2 Å². The van der Waals surface area contributed by atoms with Crippen LogP contribution >= 0.6 is 11.8 Å². The van der Waals surface area contributed by atoms with Crippen molar-refractivity contribution in [1.29, 1.82) is 0 Å². The molecule has 0 atom stereocenters. The van der Waals surface area contributed by atoms with Crippen LogP contribution in [0.2, 0.25) is 0 Å². The number of phenols is 1. The van der Waals surface area contributed by atoms with Crippen molar-refractivity contribution in [2.75, 3.05) is 12.8 Å². The molecule has 0 saturated carbocycles. The fraction of sp³-hybridized carbons (Fsp3) is 0.150. The molecule has 0 aliphatic heterocycles. The van der Waals surface area contributed by atoms with E-state index in [1.54, 1.807) is 19.4 Å². The maximum absolute atomic E-state index is 11.6. The molecule has 2 aromatic carbocycles. The number of amides is 1. The predicted molar refractivity (Wildman–Crippen MR) is 107 cm³/mol. The number of fused-ring (bicyclic) bond motifs is 1. The Balaban J connectivity index is 1.78. The molecule has 7 nitrogen and oxygen atoms in total. The van der Waals surface area contributed by atoms with Crippen molar-refractivity contribution in [1.82, 2.24) is 20.1 Å². The van der Waals surface area contributed by atoms with Crippen LogP contribution in [-0.4, -0.2) is 38.6 Å². The van der Waals surface area contributed by atoms with Crippen molar-refractivity contribution in [3.8, 4) is 17.1 Å². The second-order valence-electron chi connectivity index (χ2n) is 6.15. The number of rotatable bonds is 6. The summed E-state index contributed by atoms with van der Waals surface area (Å²) in [7, 11) is 1.59. The lowest BCUT2D eigenvalue weighted by atomic mass is 10.1. The Hall–Kier alpha value is -3.26. The van der Waals surface area contributed by atoms with E-state index in [1.165, 1.54) is 11.8 Å². The van der Waals surface area contributed by atoms with E-state index in [0.717, 1.165) is 16.5 Å². The second-order valence-corrected chi connectivity index (χ2v) is 7.09. The number of carbonyl (C=O) groups is 1. The zero-order valence-corrected chi connectivity index (χ0v) is 15.9. The van der Waals surface area contributed by atoms with E-state index in [-0.39, 0.29) is 17.4 Å². The van der Waals surface area contributed by atoms with Crippen molar-refractivity contribution in [2.24, 2.45) is 0 Å². The summed E-state index contributed by atoms with van der Waals surface area (Å²) in [6.07, 6.45) is 1.60. The number of nitrogens with one attached hydrogen (secondary N) is 1. The van der Waals surface area contributed by atoms with E-state index >= 15 is 0 Å². The first kappa shape index (κ1) is 18.1. The second kappa shape index (κ2) is 7.77. The Morgan fingerprint density at radius 1 is 1.18 bits per heavy atom. The van der Waals surface area contributed by atoms with Gasteiger partial charge in [-0.3, -0.25) is 9.36 Å². The highest BCUT2D eigenvalue weighted by molar-refractivity contribution is 7.99. The molecule has 0 radical (unpaired) electrons. The molecular weight excluding hydrogens is 376 g/mol. The van der Waals surface area contributed by atoms with Crippen LogP contribution in [0.1, 0.15) is 5.76 Å². The average molecular weight is 394 g/mol. The van der Waals surface area contributed by atoms with Gasteiger partial charge < -0.3 is 14.8 Å². The summed E-state index contributed by atoms with van der Waals surface area (Å²) in [4.78, 5) is 11.6. The quantitative estimate of drug-likeness (QED) is 0.488. The van der Waals surface area contributed by atoms with E-state index < -0.39 is 0 Å². The number of furan rings is 1. The summed E-state index contributed by atoms with van der Waals surface area (Å²) in [5, 5.41) is 24.2. The lowest BCUT2D eigenvalue weighted by molar-refractivity contribution is -0.118. The molecule has 0 saturated heterocycles. The van der Waals surface area contributed by atoms with Gasteiger partial charge >= 0.3 is 0 Å². The van der Waals surface area contributed by atoms with Crippen molar-refractivity contribution in [2.45, 2.75) is 11.7 Å². The van der Waals surface area contributed by atoms with Gasteiger partial charge in [-0.1, -0.05) is 36.0 Å². The van der Waals surface area contributed by atoms with Crippen LogP contribution in [0.3, 0.4) is 0 Å². The minimum Gasteiger partial charge on any atom is -0.507 e.